The molecule has 164 valence electrons. The lowest BCUT2D eigenvalue weighted by Gasteiger charge is -2.14. The standard InChI is InChI=1S/C21H19N5O5S/c1-23-19(28)11-32(29,30)26-17-7-6-14-15(17)3-2-4-16(14)20-24-21(31-25-20)12-5-8-18(27)13(9-12)10-22/h2-5,8-9,17,26-27H,6-7,11H2,1H3,(H,23,28)/t17-/m0/s1. The van der Waals surface area contributed by atoms with Crippen LogP contribution in [0.4, 0.5) is 0 Å². The van der Waals surface area contributed by atoms with Gasteiger partial charge in [-0.15, -0.1) is 0 Å². The highest BCUT2D eigenvalue weighted by Crippen LogP contribution is 2.38. The molecule has 32 heavy (non-hydrogen) atoms. The van der Waals surface area contributed by atoms with Gasteiger partial charge in [0.05, 0.1) is 5.56 Å². The van der Waals surface area contributed by atoms with E-state index in [1.165, 1.54) is 19.2 Å². The highest BCUT2D eigenvalue weighted by molar-refractivity contribution is 7.90. The molecule has 3 N–H and O–H groups in total. The number of benzene rings is 2. The smallest absolute Gasteiger partial charge is 0.258 e. The van der Waals surface area contributed by atoms with Gasteiger partial charge in [-0.2, -0.15) is 10.2 Å². The molecule has 1 aliphatic rings. The van der Waals surface area contributed by atoms with Crippen LogP contribution in [0.5, 0.6) is 5.75 Å². The highest BCUT2D eigenvalue weighted by atomic mass is 32.2. The summed E-state index contributed by atoms with van der Waals surface area (Å²) in [5, 5.41) is 25.1. The maximum atomic E-state index is 12.3. The number of phenolic OH excluding ortho intramolecular Hbond substituents is 1. The first kappa shape index (κ1) is 21.5. The minimum atomic E-state index is -3.80. The molecular formula is C21H19N5O5S. The molecule has 0 radical (unpaired) electrons. The van der Waals surface area contributed by atoms with Crippen molar-refractivity contribution in [3.8, 4) is 34.7 Å². The fourth-order valence-electron chi connectivity index (χ4n) is 3.70. The van der Waals surface area contributed by atoms with Gasteiger partial charge < -0.3 is 14.9 Å². The average molecular weight is 453 g/mol. The van der Waals surface area contributed by atoms with E-state index < -0.39 is 27.7 Å². The van der Waals surface area contributed by atoms with Crippen molar-refractivity contribution in [2.75, 3.05) is 12.8 Å². The molecule has 1 amide bonds. The monoisotopic (exact) mass is 453 g/mol. The molecule has 4 rings (SSSR count). The van der Waals surface area contributed by atoms with Gasteiger partial charge in [0.25, 0.3) is 5.89 Å². The Morgan fingerprint density at radius 2 is 2.16 bits per heavy atom. The Balaban J connectivity index is 1.62. The topological polar surface area (TPSA) is 158 Å². The van der Waals surface area contributed by atoms with Crippen molar-refractivity contribution < 1.29 is 22.8 Å². The first-order valence-electron chi connectivity index (χ1n) is 9.71. The van der Waals surface area contributed by atoms with Gasteiger partial charge in [-0.25, -0.2) is 13.1 Å². The number of aromatic nitrogens is 2. The summed E-state index contributed by atoms with van der Waals surface area (Å²) in [7, 11) is -2.41. The number of phenols is 1. The predicted molar refractivity (Wildman–Crippen MR) is 114 cm³/mol. The third-order valence-corrected chi connectivity index (χ3v) is 6.51. The van der Waals surface area contributed by atoms with Crippen LogP contribution in [0.25, 0.3) is 22.8 Å². The molecule has 0 saturated heterocycles. The van der Waals surface area contributed by atoms with Gasteiger partial charge in [-0.05, 0) is 42.2 Å². The summed E-state index contributed by atoms with van der Waals surface area (Å²) >= 11 is 0. The molecule has 0 spiro atoms. The zero-order chi connectivity index (χ0) is 22.9. The number of amides is 1. The Bertz CT molecular complexity index is 1340. The zero-order valence-corrected chi connectivity index (χ0v) is 17.8. The van der Waals surface area contributed by atoms with E-state index in [9.17, 15) is 18.3 Å². The van der Waals surface area contributed by atoms with Crippen LogP contribution in [0, 0.1) is 11.3 Å². The molecule has 0 fully saturated rings. The zero-order valence-electron chi connectivity index (χ0n) is 17.0. The number of fused-ring (bicyclic) bond motifs is 1. The molecule has 1 atom stereocenters. The number of nitriles is 1. The van der Waals surface area contributed by atoms with Crippen molar-refractivity contribution in [2.45, 2.75) is 18.9 Å². The van der Waals surface area contributed by atoms with Crippen LogP contribution in [-0.4, -0.2) is 42.4 Å². The van der Waals surface area contributed by atoms with E-state index in [0.717, 1.165) is 11.1 Å². The van der Waals surface area contributed by atoms with Crippen LogP contribution in [-0.2, 0) is 21.2 Å². The van der Waals surface area contributed by atoms with Crippen molar-refractivity contribution in [1.82, 2.24) is 20.2 Å². The van der Waals surface area contributed by atoms with Gasteiger partial charge in [0.2, 0.25) is 21.8 Å². The van der Waals surface area contributed by atoms with E-state index in [0.29, 0.717) is 29.8 Å². The number of hydrogen-bond donors (Lipinski definition) is 3. The van der Waals surface area contributed by atoms with E-state index in [2.05, 4.69) is 20.2 Å². The van der Waals surface area contributed by atoms with Gasteiger partial charge in [-0.3, -0.25) is 4.79 Å². The number of carbonyl (C=O) groups is 1. The van der Waals surface area contributed by atoms with Gasteiger partial charge >= 0.3 is 0 Å². The van der Waals surface area contributed by atoms with E-state index >= 15 is 0 Å². The van der Waals surface area contributed by atoms with Crippen molar-refractivity contribution in [2.24, 2.45) is 0 Å². The Morgan fingerprint density at radius 3 is 2.91 bits per heavy atom. The van der Waals surface area contributed by atoms with E-state index in [1.54, 1.807) is 12.1 Å². The fourth-order valence-corrected chi connectivity index (χ4v) is 4.95. The van der Waals surface area contributed by atoms with Crippen LogP contribution in [0.15, 0.2) is 40.9 Å². The summed E-state index contributed by atoms with van der Waals surface area (Å²) < 4.78 is 32.6. The highest BCUT2D eigenvalue weighted by Gasteiger charge is 2.30. The minimum absolute atomic E-state index is 0.0923. The van der Waals surface area contributed by atoms with Crippen molar-refractivity contribution >= 4 is 15.9 Å². The average Bonchev–Trinajstić information content (AvgIpc) is 3.41. The number of sulfonamides is 1. The summed E-state index contributed by atoms with van der Waals surface area (Å²) in [6.45, 7) is 0. The Morgan fingerprint density at radius 1 is 1.34 bits per heavy atom. The lowest BCUT2D eigenvalue weighted by molar-refractivity contribution is -0.118. The maximum absolute atomic E-state index is 12.3. The number of carbonyl (C=O) groups excluding carboxylic acids is 1. The molecular weight excluding hydrogens is 434 g/mol. The van der Waals surface area contributed by atoms with Crippen molar-refractivity contribution in [3.63, 3.8) is 0 Å². The second kappa shape index (κ2) is 8.41. The molecule has 3 aromatic rings. The van der Waals surface area contributed by atoms with Crippen LogP contribution >= 0.6 is 0 Å². The predicted octanol–water partition coefficient (Wildman–Crippen LogP) is 1.63. The second-order valence-electron chi connectivity index (χ2n) is 7.28. The van der Waals surface area contributed by atoms with Crippen LogP contribution in [0.2, 0.25) is 0 Å². The molecule has 0 saturated carbocycles. The molecule has 0 bridgehead atoms. The maximum Gasteiger partial charge on any atom is 0.258 e. The van der Waals surface area contributed by atoms with Crippen LogP contribution in [0.3, 0.4) is 0 Å². The van der Waals surface area contributed by atoms with Crippen LogP contribution in [0.1, 0.15) is 29.2 Å². The summed E-state index contributed by atoms with van der Waals surface area (Å²) in [4.78, 5) is 15.9. The lowest BCUT2D eigenvalue weighted by Crippen LogP contribution is -2.36. The number of nitrogens with one attached hydrogen (secondary N) is 2. The van der Waals surface area contributed by atoms with Crippen molar-refractivity contribution in [1.29, 1.82) is 5.26 Å². The molecule has 0 aliphatic heterocycles. The molecule has 1 heterocycles. The summed E-state index contributed by atoms with van der Waals surface area (Å²) in [5.74, 6) is -0.841. The molecule has 0 unspecified atom stereocenters. The van der Waals surface area contributed by atoms with Gasteiger partial charge in [0.1, 0.15) is 17.6 Å². The Kier molecular flexibility index (Phi) is 5.65. The Labute approximate surface area is 183 Å². The van der Waals surface area contributed by atoms with Gasteiger partial charge in [0, 0.05) is 24.2 Å². The summed E-state index contributed by atoms with van der Waals surface area (Å²) in [6.07, 6.45) is 1.13. The summed E-state index contributed by atoms with van der Waals surface area (Å²) in [6, 6.07) is 11.3. The van der Waals surface area contributed by atoms with Crippen LogP contribution < -0.4 is 10.0 Å². The lowest BCUT2D eigenvalue weighted by atomic mass is 10.0. The Hall–Kier alpha value is -3.75. The van der Waals surface area contributed by atoms with Gasteiger partial charge in [-0.1, -0.05) is 23.4 Å². The normalized spacial score (nSPS) is 15.2. The van der Waals surface area contributed by atoms with E-state index in [4.69, 9.17) is 9.78 Å². The SMILES string of the molecule is CNC(=O)CS(=O)(=O)N[C@H]1CCc2c(-c3noc(-c4ccc(O)c(C#N)c4)n3)cccc21. The third-order valence-electron chi connectivity index (χ3n) is 5.22. The summed E-state index contributed by atoms with van der Waals surface area (Å²) in [5.41, 5.74) is 2.99. The molecule has 1 aromatic heterocycles. The largest absolute Gasteiger partial charge is 0.507 e. The second-order valence-corrected chi connectivity index (χ2v) is 9.04. The molecule has 2 aromatic carbocycles. The first-order chi connectivity index (χ1) is 15.3. The minimum Gasteiger partial charge on any atom is -0.507 e. The third kappa shape index (κ3) is 4.18. The molecule has 11 heteroatoms. The molecule has 10 nitrogen and oxygen atoms in total. The van der Waals surface area contributed by atoms with E-state index in [-0.39, 0.29) is 17.2 Å². The number of aromatic hydroxyl groups is 1. The number of hydrogen-bond acceptors (Lipinski definition) is 8. The first-order valence-corrected chi connectivity index (χ1v) is 11.4. The quantitative estimate of drug-likeness (QED) is 0.508. The van der Waals surface area contributed by atoms with E-state index in [1.807, 2.05) is 18.2 Å². The fraction of sp³-hybridized carbons (Fsp3) is 0.238. The number of nitrogens with zero attached hydrogens (tertiary/aromatic N) is 3. The van der Waals surface area contributed by atoms with Gasteiger partial charge in [0.15, 0.2) is 0 Å². The number of rotatable bonds is 6. The van der Waals surface area contributed by atoms with Crippen molar-refractivity contribution in [3.05, 3.63) is 53.1 Å². The molecule has 1 aliphatic carbocycles.